The third kappa shape index (κ3) is 5.30. The minimum atomic E-state index is -1.11. The first-order valence-electron chi connectivity index (χ1n) is 4.90. The number of aliphatic carboxylic acids is 1. The lowest BCUT2D eigenvalue weighted by Crippen LogP contribution is -2.49. The van der Waals surface area contributed by atoms with Crippen LogP contribution < -0.4 is 11.1 Å². The van der Waals surface area contributed by atoms with E-state index in [4.69, 9.17) is 10.8 Å². The van der Waals surface area contributed by atoms with Crippen molar-refractivity contribution in [1.82, 2.24) is 10.2 Å². The van der Waals surface area contributed by atoms with Crippen LogP contribution in [0.1, 0.15) is 13.8 Å². The molecule has 16 heavy (non-hydrogen) atoms. The molecule has 7 nitrogen and oxygen atoms in total. The molecule has 0 aliphatic heterocycles. The quantitative estimate of drug-likeness (QED) is 0.487. The van der Waals surface area contributed by atoms with Crippen LogP contribution in [0.4, 0.5) is 0 Å². The Morgan fingerprint density at radius 3 is 2.31 bits per heavy atom. The number of nitrogens with one attached hydrogen (secondary N) is 1. The standard InChI is InChI=1S/C9H17N3O4/c1-3-11-9(16)6(2)12(4-7(10)13)5-8(14)15/h6H,3-5H2,1-2H3,(H2,10,13)(H,11,16)(H,14,15). The molecular weight excluding hydrogens is 214 g/mol. The summed E-state index contributed by atoms with van der Waals surface area (Å²) in [6.45, 7) is 3.06. The number of primary amides is 1. The second kappa shape index (κ2) is 6.78. The van der Waals surface area contributed by atoms with Crippen LogP contribution in [0.3, 0.4) is 0 Å². The second-order valence-electron chi connectivity index (χ2n) is 3.34. The van der Waals surface area contributed by atoms with Gasteiger partial charge in [-0.25, -0.2) is 0 Å². The minimum absolute atomic E-state index is 0.259. The third-order valence-corrected chi connectivity index (χ3v) is 1.98. The normalized spacial score (nSPS) is 12.2. The van der Waals surface area contributed by atoms with E-state index < -0.39 is 24.5 Å². The molecule has 0 aromatic carbocycles. The van der Waals surface area contributed by atoms with Gasteiger partial charge in [0.2, 0.25) is 11.8 Å². The van der Waals surface area contributed by atoms with Crippen LogP contribution in [0, 0.1) is 0 Å². The Kier molecular flexibility index (Phi) is 6.09. The smallest absolute Gasteiger partial charge is 0.317 e. The molecule has 7 heteroatoms. The fourth-order valence-corrected chi connectivity index (χ4v) is 1.19. The molecule has 0 saturated heterocycles. The summed E-state index contributed by atoms with van der Waals surface area (Å²) in [5.74, 6) is -2.11. The monoisotopic (exact) mass is 231 g/mol. The highest BCUT2D eigenvalue weighted by Crippen LogP contribution is 1.98. The van der Waals surface area contributed by atoms with Crippen molar-refractivity contribution in [2.24, 2.45) is 5.73 Å². The number of nitrogens with zero attached hydrogens (tertiary/aromatic N) is 1. The van der Waals surface area contributed by atoms with Gasteiger partial charge in [0, 0.05) is 6.54 Å². The lowest BCUT2D eigenvalue weighted by molar-refractivity contribution is -0.140. The van der Waals surface area contributed by atoms with Gasteiger partial charge in [-0.05, 0) is 13.8 Å². The summed E-state index contributed by atoms with van der Waals surface area (Å²) in [5.41, 5.74) is 4.98. The van der Waals surface area contributed by atoms with E-state index in [1.807, 2.05) is 0 Å². The molecule has 0 radical (unpaired) electrons. The van der Waals surface area contributed by atoms with E-state index in [0.717, 1.165) is 0 Å². The number of rotatable bonds is 7. The van der Waals surface area contributed by atoms with E-state index in [1.165, 1.54) is 11.8 Å². The predicted octanol–water partition coefficient (Wildman–Crippen LogP) is -1.62. The van der Waals surface area contributed by atoms with E-state index in [-0.39, 0.29) is 12.5 Å². The molecule has 2 amide bonds. The molecule has 1 unspecified atom stereocenters. The van der Waals surface area contributed by atoms with Crippen LogP contribution in [-0.4, -0.2) is 53.5 Å². The van der Waals surface area contributed by atoms with Gasteiger partial charge in [0.15, 0.2) is 0 Å². The maximum absolute atomic E-state index is 11.4. The van der Waals surface area contributed by atoms with Gasteiger partial charge in [-0.15, -0.1) is 0 Å². The van der Waals surface area contributed by atoms with Crippen LogP contribution >= 0.6 is 0 Å². The Hall–Kier alpha value is -1.63. The summed E-state index contributed by atoms with van der Waals surface area (Å²) in [6, 6.07) is -0.705. The number of carboxylic acids is 1. The number of amides is 2. The first-order valence-corrected chi connectivity index (χ1v) is 4.90. The number of nitrogens with two attached hydrogens (primary N) is 1. The highest BCUT2D eigenvalue weighted by atomic mass is 16.4. The highest BCUT2D eigenvalue weighted by Gasteiger charge is 2.23. The average Bonchev–Trinajstić information content (AvgIpc) is 2.14. The van der Waals surface area contributed by atoms with Crippen molar-refractivity contribution in [1.29, 1.82) is 0 Å². The van der Waals surface area contributed by atoms with Crippen LogP contribution in [-0.2, 0) is 14.4 Å². The first-order chi connectivity index (χ1) is 7.38. The largest absolute Gasteiger partial charge is 0.480 e. The Bertz CT molecular complexity index is 264. The molecule has 0 spiro atoms. The number of carbonyl (C=O) groups is 3. The minimum Gasteiger partial charge on any atom is -0.480 e. The molecule has 0 fully saturated rings. The number of carboxylic acid groups (broad SMARTS) is 1. The lowest BCUT2D eigenvalue weighted by atomic mass is 10.2. The molecule has 0 aliphatic carbocycles. The van der Waals surface area contributed by atoms with Crippen molar-refractivity contribution < 1.29 is 19.5 Å². The van der Waals surface area contributed by atoms with Gasteiger partial charge in [-0.1, -0.05) is 0 Å². The average molecular weight is 231 g/mol. The lowest BCUT2D eigenvalue weighted by Gasteiger charge is -2.24. The molecule has 0 saturated carbocycles. The van der Waals surface area contributed by atoms with Crippen molar-refractivity contribution in [3.63, 3.8) is 0 Å². The van der Waals surface area contributed by atoms with Crippen molar-refractivity contribution in [2.45, 2.75) is 19.9 Å². The molecule has 0 aliphatic rings. The molecule has 4 N–H and O–H groups in total. The molecular formula is C9H17N3O4. The van der Waals surface area contributed by atoms with E-state index in [0.29, 0.717) is 6.54 Å². The first kappa shape index (κ1) is 14.4. The van der Waals surface area contributed by atoms with Crippen LogP contribution in [0.2, 0.25) is 0 Å². The summed E-state index contributed by atoms with van der Waals surface area (Å²) >= 11 is 0. The summed E-state index contributed by atoms with van der Waals surface area (Å²) in [4.78, 5) is 33.9. The number of likely N-dealkylation sites (N-methyl/N-ethyl adjacent to an activating group) is 1. The Labute approximate surface area is 93.6 Å². The van der Waals surface area contributed by atoms with Gasteiger partial charge in [0.05, 0.1) is 19.1 Å². The fourth-order valence-electron chi connectivity index (χ4n) is 1.19. The zero-order valence-corrected chi connectivity index (χ0v) is 9.40. The van der Waals surface area contributed by atoms with Crippen LogP contribution in [0.15, 0.2) is 0 Å². The van der Waals surface area contributed by atoms with E-state index in [1.54, 1.807) is 6.92 Å². The number of carbonyl (C=O) groups excluding carboxylic acids is 2. The number of hydrogen-bond donors (Lipinski definition) is 3. The second-order valence-corrected chi connectivity index (χ2v) is 3.34. The Morgan fingerprint density at radius 1 is 1.38 bits per heavy atom. The van der Waals surface area contributed by atoms with Gasteiger partial charge in [-0.3, -0.25) is 19.3 Å². The van der Waals surface area contributed by atoms with E-state index in [9.17, 15) is 14.4 Å². The fraction of sp³-hybridized carbons (Fsp3) is 0.667. The predicted molar refractivity (Wildman–Crippen MR) is 56.5 cm³/mol. The SMILES string of the molecule is CCNC(=O)C(C)N(CC(N)=O)CC(=O)O. The Morgan fingerprint density at radius 2 is 1.94 bits per heavy atom. The van der Waals surface area contributed by atoms with Crippen LogP contribution in [0.5, 0.6) is 0 Å². The summed E-state index contributed by atoms with van der Waals surface area (Å²) in [7, 11) is 0. The molecule has 0 bridgehead atoms. The van der Waals surface area contributed by atoms with E-state index >= 15 is 0 Å². The molecule has 0 rings (SSSR count). The van der Waals surface area contributed by atoms with Gasteiger partial charge in [0.1, 0.15) is 0 Å². The summed E-state index contributed by atoms with van der Waals surface area (Å²) < 4.78 is 0. The molecule has 0 aromatic rings. The van der Waals surface area contributed by atoms with Crippen molar-refractivity contribution in [3.8, 4) is 0 Å². The van der Waals surface area contributed by atoms with Crippen molar-refractivity contribution >= 4 is 17.8 Å². The van der Waals surface area contributed by atoms with Crippen LogP contribution in [0.25, 0.3) is 0 Å². The maximum Gasteiger partial charge on any atom is 0.317 e. The van der Waals surface area contributed by atoms with Gasteiger partial charge < -0.3 is 16.2 Å². The van der Waals surface area contributed by atoms with Gasteiger partial charge in [-0.2, -0.15) is 0 Å². The number of hydrogen-bond acceptors (Lipinski definition) is 4. The zero-order valence-electron chi connectivity index (χ0n) is 9.40. The summed E-state index contributed by atoms with van der Waals surface area (Å²) in [6.07, 6.45) is 0. The molecule has 0 heterocycles. The molecule has 0 aromatic heterocycles. The van der Waals surface area contributed by atoms with Gasteiger partial charge >= 0.3 is 5.97 Å². The van der Waals surface area contributed by atoms with Crippen molar-refractivity contribution in [3.05, 3.63) is 0 Å². The van der Waals surface area contributed by atoms with Gasteiger partial charge in [0.25, 0.3) is 0 Å². The molecule has 92 valence electrons. The topological polar surface area (TPSA) is 113 Å². The summed E-state index contributed by atoms with van der Waals surface area (Å²) in [5, 5.41) is 11.2. The third-order valence-electron chi connectivity index (χ3n) is 1.98. The molecule has 1 atom stereocenters. The Balaban J connectivity index is 4.53. The van der Waals surface area contributed by atoms with E-state index in [2.05, 4.69) is 5.32 Å². The maximum atomic E-state index is 11.4. The van der Waals surface area contributed by atoms with Crippen molar-refractivity contribution in [2.75, 3.05) is 19.6 Å². The highest BCUT2D eigenvalue weighted by molar-refractivity contribution is 5.84. The zero-order chi connectivity index (χ0) is 12.7.